The standard InChI is InChI=1S/C16H28N2O2/c1-5-20-13-10-12(15(13,3)4)18-11(2)17-16(14(18)19)8-6-7-9-16/h11-13,17H,5-10H2,1-4H3. The van der Waals surface area contributed by atoms with Crippen LogP contribution in [0.15, 0.2) is 0 Å². The molecule has 1 aliphatic heterocycles. The zero-order valence-corrected chi connectivity index (χ0v) is 13.2. The molecule has 1 saturated heterocycles. The van der Waals surface area contributed by atoms with Gasteiger partial charge in [-0.25, -0.2) is 0 Å². The quantitative estimate of drug-likeness (QED) is 0.862. The average molecular weight is 280 g/mol. The molecule has 2 aliphatic carbocycles. The molecule has 0 bridgehead atoms. The Morgan fingerprint density at radius 1 is 1.35 bits per heavy atom. The minimum absolute atomic E-state index is 0.0613. The maximum atomic E-state index is 12.9. The Bertz CT molecular complexity index is 401. The van der Waals surface area contributed by atoms with E-state index in [1.807, 2.05) is 6.92 Å². The second kappa shape index (κ2) is 4.70. The first-order chi connectivity index (χ1) is 9.42. The number of hydrogen-bond acceptors (Lipinski definition) is 3. The Morgan fingerprint density at radius 3 is 2.55 bits per heavy atom. The number of amides is 1. The van der Waals surface area contributed by atoms with Gasteiger partial charge < -0.3 is 9.64 Å². The topological polar surface area (TPSA) is 41.6 Å². The first-order valence-electron chi connectivity index (χ1n) is 8.14. The van der Waals surface area contributed by atoms with Gasteiger partial charge in [-0.1, -0.05) is 26.7 Å². The molecular weight excluding hydrogens is 252 g/mol. The molecule has 1 amide bonds. The van der Waals surface area contributed by atoms with Gasteiger partial charge in [0.25, 0.3) is 0 Å². The fourth-order valence-electron chi connectivity index (χ4n) is 4.52. The van der Waals surface area contributed by atoms with Gasteiger partial charge >= 0.3 is 0 Å². The summed E-state index contributed by atoms with van der Waals surface area (Å²) in [7, 11) is 0. The van der Waals surface area contributed by atoms with Crippen molar-refractivity contribution in [3.8, 4) is 0 Å². The third kappa shape index (κ3) is 1.84. The summed E-state index contributed by atoms with van der Waals surface area (Å²) in [6.45, 7) is 9.41. The highest BCUT2D eigenvalue weighted by Gasteiger charge is 2.60. The van der Waals surface area contributed by atoms with Crippen LogP contribution in [0.1, 0.15) is 59.8 Å². The summed E-state index contributed by atoms with van der Waals surface area (Å²) in [6, 6.07) is 0.314. The highest BCUT2D eigenvalue weighted by Crippen LogP contribution is 2.49. The number of rotatable bonds is 3. The molecule has 0 aromatic carbocycles. The zero-order chi connectivity index (χ0) is 14.5. The highest BCUT2D eigenvalue weighted by atomic mass is 16.5. The number of hydrogen-bond donors (Lipinski definition) is 1. The van der Waals surface area contributed by atoms with Gasteiger partial charge in [0.15, 0.2) is 0 Å². The number of carbonyl (C=O) groups excluding carboxylic acids is 1. The van der Waals surface area contributed by atoms with Crippen LogP contribution >= 0.6 is 0 Å². The molecule has 3 unspecified atom stereocenters. The average Bonchev–Trinajstić information content (AvgIpc) is 2.94. The number of ether oxygens (including phenoxy) is 1. The number of carbonyl (C=O) groups is 1. The summed E-state index contributed by atoms with van der Waals surface area (Å²) >= 11 is 0. The lowest BCUT2D eigenvalue weighted by atomic mass is 9.63. The fourth-order valence-corrected chi connectivity index (χ4v) is 4.52. The Morgan fingerprint density at radius 2 is 2.00 bits per heavy atom. The van der Waals surface area contributed by atoms with Crippen LogP contribution in [0.25, 0.3) is 0 Å². The van der Waals surface area contributed by atoms with E-state index in [-0.39, 0.29) is 23.2 Å². The molecule has 1 heterocycles. The van der Waals surface area contributed by atoms with Crippen molar-refractivity contribution in [2.45, 2.75) is 83.6 Å². The van der Waals surface area contributed by atoms with E-state index in [1.54, 1.807) is 0 Å². The number of nitrogens with one attached hydrogen (secondary N) is 1. The van der Waals surface area contributed by atoms with E-state index in [9.17, 15) is 4.79 Å². The predicted octanol–water partition coefficient (Wildman–Crippen LogP) is 2.28. The summed E-state index contributed by atoms with van der Waals surface area (Å²) in [6.07, 6.45) is 5.80. The lowest BCUT2D eigenvalue weighted by Gasteiger charge is -2.55. The molecule has 0 radical (unpaired) electrons. The molecule has 3 atom stereocenters. The monoisotopic (exact) mass is 280 g/mol. The lowest BCUT2D eigenvalue weighted by molar-refractivity contribution is -0.168. The van der Waals surface area contributed by atoms with Gasteiger partial charge in [0.05, 0.1) is 17.8 Å². The molecule has 3 fully saturated rings. The SMILES string of the molecule is CCOC1CC(N2C(=O)C3(CCCC3)NC2C)C1(C)C. The predicted molar refractivity (Wildman–Crippen MR) is 78.2 cm³/mol. The third-order valence-corrected chi connectivity index (χ3v) is 5.83. The van der Waals surface area contributed by atoms with Crippen LogP contribution < -0.4 is 5.32 Å². The fraction of sp³-hybridized carbons (Fsp3) is 0.938. The van der Waals surface area contributed by atoms with Crippen LogP contribution in [0.3, 0.4) is 0 Å². The molecule has 1 N–H and O–H groups in total. The Kier molecular flexibility index (Phi) is 3.37. The van der Waals surface area contributed by atoms with Gasteiger partial charge in [-0.05, 0) is 33.1 Å². The smallest absolute Gasteiger partial charge is 0.244 e. The Balaban J connectivity index is 1.77. The summed E-state index contributed by atoms with van der Waals surface area (Å²) in [5.74, 6) is 0.343. The largest absolute Gasteiger partial charge is 0.378 e. The van der Waals surface area contributed by atoms with Crippen molar-refractivity contribution in [2.24, 2.45) is 5.41 Å². The van der Waals surface area contributed by atoms with Crippen molar-refractivity contribution in [3.05, 3.63) is 0 Å². The molecule has 3 rings (SSSR count). The Labute approximate surface area is 122 Å². The van der Waals surface area contributed by atoms with Crippen molar-refractivity contribution in [1.82, 2.24) is 10.2 Å². The van der Waals surface area contributed by atoms with Crippen LogP contribution in [-0.2, 0) is 9.53 Å². The van der Waals surface area contributed by atoms with Crippen LogP contribution in [0.2, 0.25) is 0 Å². The second-order valence-corrected chi connectivity index (χ2v) is 7.34. The van der Waals surface area contributed by atoms with Gasteiger partial charge in [0.2, 0.25) is 5.91 Å². The van der Waals surface area contributed by atoms with Crippen molar-refractivity contribution in [3.63, 3.8) is 0 Å². The molecule has 114 valence electrons. The van der Waals surface area contributed by atoms with E-state index in [0.717, 1.165) is 25.9 Å². The maximum Gasteiger partial charge on any atom is 0.244 e. The van der Waals surface area contributed by atoms with Crippen LogP contribution in [0.4, 0.5) is 0 Å². The molecule has 3 aliphatic rings. The van der Waals surface area contributed by atoms with Crippen LogP contribution in [0.5, 0.6) is 0 Å². The normalized spacial score (nSPS) is 38.5. The lowest BCUT2D eigenvalue weighted by Crippen LogP contribution is -2.64. The molecule has 0 aromatic heterocycles. The third-order valence-electron chi connectivity index (χ3n) is 5.83. The second-order valence-electron chi connectivity index (χ2n) is 7.34. The van der Waals surface area contributed by atoms with E-state index in [4.69, 9.17) is 4.74 Å². The molecular formula is C16H28N2O2. The zero-order valence-electron chi connectivity index (χ0n) is 13.2. The summed E-state index contributed by atoms with van der Waals surface area (Å²) in [5, 5.41) is 3.60. The summed E-state index contributed by atoms with van der Waals surface area (Å²) in [4.78, 5) is 15.1. The van der Waals surface area contributed by atoms with Crippen molar-refractivity contribution in [1.29, 1.82) is 0 Å². The van der Waals surface area contributed by atoms with Gasteiger partial charge in [-0.3, -0.25) is 10.1 Å². The summed E-state index contributed by atoms with van der Waals surface area (Å²) in [5.41, 5.74) is -0.183. The van der Waals surface area contributed by atoms with E-state index in [0.29, 0.717) is 11.9 Å². The first-order valence-corrected chi connectivity index (χ1v) is 8.14. The van der Waals surface area contributed by atoms with E-state index < -0.39 is 0 Å². The van der Waals surface area contributed by atoms with E-state index in [1.165, 1.54) is 12.8 Å². The first kappa shape index (κ1) is 14.3. The van der Waals surface area contributed by atoms with Gasteiger partial charge in [-0.2, -0.15) is 0 Å². The molecule has 4 nitrogen and oxygen atoms in total. The van der Waals surface area contributed by atoms with Crippen LogP contribution in [0, 0.1) is 5.41 Å². The minimum Gasteiger partial charge on any atom is -0.378 e. The molecule has 0 aromatic rings. The van der Waals surface area contributed by atoms with Crippen molar-refractivity contribution < 1.29 is 9.53 Å². The van der Waals surface area contributed by atoms with Gasteiger partial charge in [0.1, 0.15) is 0 Å². The molecule has 2 saturated carbocycles. The van der Waals surface area contributed by atoms with Crippen molar-refractivity contribution in [2.75, 3.05) is 6.61 Å². The van der Waals surface area contributed by atoms with E-state index >= 15 is 0 Å². The summed E-state index contributed by atoms with van der Waals surface area (Å²) < 4.78 is 5.81. The molecule has 20 heavy (non-hydrogen) atoms. The minimum atomic E-state index is -0.244. The van der Waals surface area contributed by atoms with E-state index in [2.05, 4.69) is 31.0 Å². The van der Waals surface area contributed by atoms with Gasteiger partial charge in [-0.15, -0.1) is 0 Å². The maximum absolute atomic E-state index is 12.9. The molecule has 1 spiro atoms. The van der Waals surface area contributed by atoms with Crippen molar-refractivity contribution >= 4 is 5.91 Å². The molecule has 4 heteroatoms. The van der Waals surface area contributed by atoms with Gasteiger partial charge in [0, 0.05) is 18.1 Å². The van der Waals surface area contributed by atoms with Crippen LogP contribution in [-0.4, -0.2) is 41.3 Å². The highest BCUT2D eigenvalue weighted by molar-refractivity contribution is 5.89. The Hall–Kier alpha value is -0.610. The number of nitrogens with zero attached hydrogens (tertiary/aromatic N) is 1.